The van der Waals surface area contributed by atoms with Crippen molar-refractivity contribution in [3.8, 4) is 5.75 Å². The Balaban J connectivity index is 1.68. The van der Waals surface area contributed by atoms with Crippen LogP contribution in [0, 0.1) is 5.92 Å². The maximum atomic E-state index is 12.3. The zero-order valence-electron chi connectivity index (χ0n) is 13.4. The molecule has 2 aromatic rings. The molecule has 1 heterocycles. The number of carbonyl (C=O) groups excluding carboxylic acids is 1. The predicted molar refractivity (Wildman–Crippen MR) is 87.4 cm³/mol. The van der Waals surface area contributed by atoms with Gasteiger partial charge < -0.3 is 19.6 Å². The maximum absolute atomic E-state index is 12.3. The van der Waals surface area contributed by atoms with Crippen molar-refractivity contribution in [1.29, 1.82) is 0 Å². The van der Waals surface area contributed by atoms with E-state index in [1.54, 1.807) is 13.4 Å². The monoisotopic (exact) mass is 317 g/mol. The topological polar surface area (TPSA) is 71.7 Å². The lowest BCUT2D eigenvalue weighted by Gasteiger charge is -2.30. The highest BCUT2D eigenvalue weighted by Crippen LogP contribution is 2.27. The second-order valence-electron chi connectivity index (χ2n) is 6.20. The van der Waals surface area contributed by atoms with E-state index in [2.05, 4.69) is 5.32 Å². The number of amides is 1. The molecule has 23 heavy (non-hydrogen) atoms. The fraction of sp³-hybridized carbons (Fsp3) is 0.500. The van der Waals surface area contributed by atoms with E-state index in [9.17, 15) is 9.90 Å². The molecule has 0 spiro atoms. The Hall–Kier alpha value is -2.01. The van der Waals surface area contributed by atoms with Gasteiger partial charge >= 0.3 is 0 Å². The van der Waals surface area contributed by atoms with E-state index in [1.807, 2.05) is 18.2 Å². The summed E-state index contributed by atoms with van der Waals surface area (Å²) >= 11 is 0. The average molecular weight is 317 g/mol. The molecule has 1 aliphatic carbocycles. The Labute approximate surface area is 135 Å². The van der Waals surface area contributed by atoms with Crippen molar-refractivity contribution in [3.63, 3.8) is 0 Å². The van der Waals surface area contributed by atoms with Crippen molar-refractivity contribution in [2.75, 3.05) is 13.7 Å². The molecule has 0 saturated heterocycles. The van der Waals surface area contributed by atoms with E-state index in [1.165, 1.54) is 0 Å². The number of methoxy groups -OCH3 is 1. The molecule has 1 aliphatic rings. The third-order valence-electron chi connectivity index (χ3n) is 4.70. The van der Waals surface area contributed by atoms with Crippen LogP contribution in [0.1, 0.15) is 31.2 Å². The number of aliphatic hydroxyl groups excluding tert-OH is 1. The van der Waals surface area contributed by atoms with Crippen molar-refractivity contribution >= 4 is 16.9 Å². The van der Waals surface area contributed by atoms with Crippen LogP contribution < -0.4 is 10.1 Å². The van der Waals surface area contributed by atoms with Gasteiger partial charge in [0.1, 0.15) is 11.3 Å². The summed E-state index contributed by atoms with van der Waals surface area (Å²) in [4.78, 5) is 12.3. The van der Waals surface area contributed by atoms with Gasteiger partial charge in [0.05, 0.1) is 19.8 Å². The molecule has 2 N–H and O–H groups in total. The Morgan fingerprint density at radius 2 is 2.22 bits per heavy atom. The predicted octanol–water partition coefficient (Wildman–Crippen LogP) is 2.65. The summed E-state index contributed by atoms with van der Waals surface area (Å²) in [5.41, 5.74) is 1.59. The van der Waals surface area contributed by atoms with E-state index < -0.39 is 0 Å². The summed E-state index contributed by atoms with van der Waals surface area (Å²) in [6.07, 6.45) is 6.08. The fourth-order valence-corrected chi connectivity index (χ4v) is 3.37. The van der Waals surface area contributed by atoms with Gasteiger partial charge in [-0.1, -0.05) is 12.8 Å². The lowest BCUT2D eigenvalue weighted by Crippen LogP contribution is -2.44. The highest BCUT2D eigenvalue weighted by molar-refractivity contribution is 5.88. The van der Waals surface area contributed by atoms with Crippen molar-refractivity contribution in [2.45, 2.75) is 38.1 Å². The number of hydrogen-bond acceptors (Lipinski definition) is 4. The first-order valence-electron chi connectivity index (χ1n) is 8.15. The minimum atomic E-state index is -0.0196. The number of rotatable bonds is 5. The number of hydrogen-bond donors (Lipinski definition) is 2. The zero-order chi connectivity index (χ0) is 16.2. The highest BCUT2D eigenvalue weighted by Gasteiger charge is 2.26. The molecule has 5 heteroatoms. The van der Waals surface area contributed by atoms with Gasteiger partial charge in [-0.05, 0) is 25.0 Å². The largest absolute Gasteiger partial charge is 0.497 e. The minimum Gasteiger partial charge on any atom is -0.497 e. The van der Waals surface area contributed by atoms with Gasteiger partial charge in [-0.3, -0.25) is 4.79 Å². The summed E-state index contributed by atoms with van der Waals surface area (Å²) in [5, 5.41) is 13.5. The molecule has 1 aromatic carbocycles. The maximum Gasteiger partial charge on any atom is 0.224 e. The summed E-state index contributed by atoms with van der Waals surface area (Å²) < 4.78 is 10.7. The van der Waals surface area contributed by atoms with Crippen LogP contribution in [-0.2, 0) is 11.2 Å². The zero-order valence-corrected chi connectivity index (χ0v) is 13.4. The Bertz CT molecular complexity index is 679. The second kappa shape index (κ2) is 7.04. The van der Waals surface area contributed by atoms with Gasteiger partial charge in [0.15, 0.2) is 0 Å². The lowest BCUT2D eigenvalue weighted by molar-refractivity contribution is -0.121. The molecule has 3 rings (SSSR count). The molecule has 1 aromatic heterocycles. The average Bonchev–Trinajstić information content (AvgIpc) is 2.97. The molecule has 1 amide bonds. The van der Waals surface area contributed by atoms with Crippen LogP contribution in [0.3, 0.4) is 0 Å². The van der Waals surface area contributed by atoms with Crippen molar-refractivity contribution in [2.24, 2.45) is 5.92 Å². The van der Waals surface area contributed by atoms with Crippen LogP contribution >= 0.6 is 0 Å². The second-order valence-corrected chi connectivity index (χ2v) is 6.20. The molecule has 2 unspecified atom stereocenters. The molecule has 2 atom stereocenters. The standard InChI is InChI=1S/C18H23NO4/c1-22-14-6-7-15-13(11-23-17(15)9-14)8-18(21)19-16-5-3-2-4-12(16)10-20/h6-7,9,11-12,16,20H,2-5,8,10H2,1H3,(H,19,21). The fourth-order valence-electron chi connectivity index (χ4n) is 3.37. The first kappa shape index (κ1) is 15.9. The number of fused-ring (bicyclic) bond motifs is 1. The van der Waals surface area contributed by atoms with E-state index in [4.69, 9.17) is 9.15 Å². The Morgan fingerprint density at radius 3 is 3.00 bits per heavy atom. The summed E-state index contributed by atoms with van der Waals surface area (Å²) in [6.45, 7) is 0.138. The lowest BCUT2D eigenvalue weighted by atomic mass is 9.85. The molecule has 0 radical (unpaired) electrons. The van der Waals surface area contributed by atoms with Crippen LogP contribution in [-0.4, -0.2) is 30.8 Å². The molecule has 124 valence electrons. The number of aliphatic hydroxyl groups is 1. The number of carbonyl (C=O) groups is 1. The highest BCUT2D eigenvalue weighted by atomic mass is 16.5. The van der Waals surface area contributed by atoms with E-state index in [0.29, 0.717) is 0 Å². The minimum absolute atomic E-state index is 0.0196. The van der Waals surface area contributed by atoms with E-state index in [-0.39, 0.29) is 30.9 Å². The molecule has 1 saturated carbocycles. The van der Waals surface area contributed by atoms with Gasteiger partial charge in [0.25, 0.3) is 0 Å². The first-order valence-corrected chi connectivity index (χ1v) is 8.15. The first-order chi connectivity index (χ1) is 11.2. The smallest absolute Gasteiger partial charge is 0.224 e. The van der Waals surface area contributed by atoms with Crippen LogP contribution in [0.2, 0.25) is 0 Å². The number of furan rings is 1. The van der Waals surface area contributed by atoms with Gasteiger partial charge in [-0.2, -0.15) is 0 Å². The summed E-state index contributed by atoms with van der Waals surface area (Å²) in [5.74, 6) is 0.891. The summed E-state index contributed by atoms with van der Waals surface area (Å²) in [6, 6.07) is 5.68. The van der Waals surface area contributed by atoms with Crippen molar-refractivity contribution in [1.82, 2.24) is 5.32 Å². The third kappa shape index (κ3) is 3.50. The molecule has 1 fully saturated rings. The molecular weight excluding hydrogens is 294 g/mol. The van der Waals surface area contributed by atoms with Crippen molar-refractivity contribution in [3.05, 3.63) is 30.0 Å². The molecular formula is C18H23NO4. The van der Waals surface area contributed by atoms with Crippen LogP contribution in [0.15, 0.2) is 28.9 Å². The van der Waals surface area contributed by atoms with Crippen LogP contribution in [0.5, 0.6) is 5.75 Å². The molecule has 5 nitrogen and oxygen atoms in total. The van der Waals surface area contributed by atoms with Crippen LogP contribution in [0.25, 0.3) is 11.0 Å². The van der Waals surface area contributed by atoms with Gasteiger partial charge in [0.2, 0.25) is 5.91 Å². The van der Waals surface area contributed by atoms with Gasteiger partial charge in [-0.25, -0.2) is 0 Å². The number of benzene rings is 1. The SMILES string of the molecule is COc1ccc2c(CC(=O)NC3CCCCC3CO)coc2c1. The third-order valence-corrected chi connectivity index (χ3v) is 4.70. The van der Waals surface area contributed by atoms with Crippen molar-refractivity contribution < 1.29 is 19.1 Å². The van der Waals surface area contributed by atoms with E-state index >= 15 is 0 Å². The number of nitrogens with one attached hydrogen (secondary N) is 1. The van der Waals surface area contributed by atoms with Crippen LogP contribution in [0.4, 0.5) is 0 Å². The summed E-state index contributed by atoms with van der Waals surface area (Å²) in [7, 11) is 1.61. The number of ether oxygens (including phenoxy) is 1. The quantitative estimate of drug-likeness (QED) is 0.889. The van der Waals surface area contributed by atoms with E-state index in [0.717, 1.165) is 48.0 Å². The molecule has 0 bridgehead atoms. The van der Waals surface area contributed by atoms with Gasteiger partial charge in [-0.15, -0.1) is 0 Å². The Morgan fingerprint density at radius 1 is 1.39 bits per heavy atom. The molecule has 0 aliphatic heterocycles. The van der Waals surface area contributed by atoms with Gasteiger partial charge in [0, 0.05) is 35.6 Å². The normalized spacial score (nSPS) is 21.3. The Kier molecular flexibility index (Phi) is 4.86.